The van der Waals surface area contributed by atoms with Crippen LogP contribution in [0, 0.1) is 5.41 Å². The standard InChI is InChI=1S/C28H35N/c1-23(26-18-12-16-25-15-8-9-17-27(25)26)29-22-11-5-10-20-28(2,3)21-19-24-13-6-4-7-14-24/h4-9,11-18,23,29H,10,19-22H2,1-3H3/t23-/m1/s1. The average molecular weight is 386 g/mol. The molecule has 0 spiro atoms. The van der Waals surface area contributed by atoms with E-state index in [2.05, 4.69) is 111 Å². The minimum atomic E-state index is 0.341. The lowest BCUT2D eigenvalue weighted by molar-refractivity contribution is 0.310. The highest BCUT2D eigenvalue weighted by atomic mass is 14.9. The minimum Gasteiger partial charge on any atom is -0.307 e. The molecule has 0 aliphatic rings. The van der Waals surface area contributed by atoms with Crippen molar-refractivity contribution in [2.24, 2.45) is 5.41 Å². The first-order valence-electron chi connectivity index (χ1n) is 11.0. The Bertz CT molecular complexity index is 903. The van der Waals surface area contributed by atoms with Crippen LogP contribution in [0.15, 0.2) is 84.9 Å². The van der Waals surface area contributed by atoms with Crippen LogP contribution in [0.4, 0.5) is 0 Å². The Kier molecular flexibility index (Phi) is 7.66. The molecule has 1 N–H and O–H groups in total. The van der Waals surface area contributed by atoms with Crippen molar-refractivity contribution in [3.05, 3.63) is 96.1 Å². The van der Waals surface area contributed by atoms with Crippen molar-refractivity contribution in [2.45, 2.75) is 52.5 Å². The van der Waals surface area contributed by atoms with Gasteiger partial charge in [-0.2, -0.15) is 0 Å². The van der Waals surface area contributed by atoms with Crippen LogP contribution in [0.3, 0.4) is 0 Å². The van der Waals surface area contributed by atoms with E-state index in [9.17, 15) is 0 Å². The number of rotatable bonds is 10. The topological polar surface area (TPSA) is 12.0 Å². The van der Waals surface area contributed by atoms with E-state index >= 15 is 0 Å². The summed E-state index contributed by atoms with van der Waals surface area (Å²) in [6.07, 6.45) is 9.41. The highest BCUT2D eigenvalue weighted by Gasteiger charge is 2.16. The molecule has 0 unspecified atom stereocenters. The Labute approximate surface area is 176 Å². The fourth-order valence-electron chi connectivity index (χ4n) is 3.91. The first-order chi connectivity index (χ1) is 14.1. The number of benzene rings is 3. The van der Waals surface area contributed by atoms with Gasteiger partial charge in [-0.15, -0.1) is 0 Å². The molecular weight excluding hydrogens is 350 g/mol. The van der Waals surface area contributed by atoms with E-state index in [0.717, 1.165) is 13.0 Å². The van der Waals surface area contributed by atoms with E-state index in [1.165, 1.54) is 41.2 Å². The predicted octanol–water partition coefficient (Wildman–Crippen LogP) is 7.49. The van der Waals surface area contributed by atoms with Gasteiger partial charge in [-0.25, -0.2) is 0 Å². The van der Waals surface area contributed by atoms with Gasteiger partial charge >= 0.3 is 0 Å². The van der Waals surface area contributed by atoms with Crippen molar-refractivity contribution in [3.8, 4) is 0 Å². The van der Waals surface area contributed by atoms with Gasteiger partial charge in [-0.3, -0.25) is 0 Å². The number of aryl methyl sites for hydroxylation is 1. The summed E-state index contributed by atoms with van der Waals surface area (Å²) in [5, 5.41) is 6.31. The zero-order valence-corrected chi connectivity index (χ0v) is 18.2. The lowest BCUT2D eigenvalue weighted by Crippen LogP contribution is -2.18. The first-order valence-corrected chi connectivity index (χ1v) is 11.0. The van der Waals surface area contributed by atoms with E-state index in [1.807, 2.05) is 0 Å². The summed E-state index contributed by atoms with van der Waals surface area (Å²) in [5.41, 5.74) is 3.20. The Morgan fingerprint density at radius 1 is 0.828 bits per heavy atom. The summed E-state index contributed by atoms with van der Waals surface area (Å²) in [6, 6.07) is 26.4. The molecule has 0 fully saturated rings. The van der Waals surface area contributed by atoms with Gasteiger partial charge < -0.3 is 5.32 Å². The van der Waals surface area contributed by atoms with Gasteiger partial charge in [0.25, 0.3) is 0 Å². The zero-order valence-electron chi connectivity index (χ0n) is 18.2. The van der Waals surface area contributed by atoms with Crippen molar-refractivity contribution < 1.29 is 0 Å². The van der Waals surface area contributed by atoms with Gasteiger partial charge in [0.2, 0.25) is 0 Å². The Morgan fingerprint density at radius 2 is 1.55 bits per heavy atom. The van der Waals surface area contributed by atoms with Crippen molar-refractivity contribution in [1.29, 1.82) is 0 Å². The van der Waals surface area contributed by atoms with Crippen molar-refractivity contribution >= 4 is 10.8 Å². The monoisotopic (exact) mass is 385 g/mol. The summed E-state index contributed by atoms with van der Waals surface area (Å²) in [4.78, 5) is 0. The fourth-order valence-corrected chi connectivity index (χ4v) is 3.91. The molecule has 1 atom stereocenters. The predicted molar refractivity (Wildman–Crippen MR) is 127 cm³/mol. The Morgan fingerprint density at radius 3 is 2.38 bits per heavy atom. The van der Waals surface area contributed by atoms with Crippen molar-refractivity contribution in [2.75, 3.05) is 6.54 Å². The SMILES string of the molecule is C[C@@H](NCC=CCCC(C)(C)CCc1ccccc1)c1cccc2ccccc12. The second-order valence-corrected chi connectivity index (χ2v) is 8.86. The van der Waals surface area contributed by atoms with Crippen LogP contribution in [0.1, 0.15) is 57.2 Å². The van der Waals surface area contributed by atoms with Crippen molar-refractivity contribution in [3.63, 3.8) is 0 Å². The first kappa shape index (κ1) is 21.3. The molecule has 0 amide bonds. The smallest absolute Gasteiger partial charge is 0.0300 e. The van der Waals surface area contributed by atoms with Crippen molar-refractivity contribution in [1.82, 2.24) is 5.32 Å². The summed E-state index contributed by atoms with van der Waals surface area (Å²) in [6.45, 7) is 7.95. The third kappa shape index (κ3) is 6.58. The third-order valence-corrected chi connectivity index (χ3v) is 5.92. The highest BCUT2D eigenvalue weighted by Crippen LogP contribution is 2.29. The number of hydrogen-bond acceptors (Lipinski definition) is 1. The molecule has 1 nitrogen and oxygen atoms in total. The van der Waals surface area contributed by atoms with Crippen LogP contribution < -0.4 is 5.32 Å². The molecule has 3 rings (SSSR count). The average Bonchev–Trinajstić information content (AvgIpc) is 2.75. The van der Waals surface area contributed by atoms with Gasteiger partial charge in [0.15, 0.2) is 0 Å². The second kappa shape index (κ2) is 10.4. The Hall–Kier alpha value is -2.38. The van der Waals surface area contributed by atoms with Gasteiger partial charge in [0.1, 0.15) is 0 Å². The molecule has 0 bridgehead atoms. The molecule has 3 aromatic rings. The second-order valence-electron chi connectivity index (χ2n) is 8.86. The molecule has 0 aliphatic carbocycles. The fraction of sp³-hybridized carbons (Fsp3) is 0.357. The van der Waals surface area contributed by atoms with Crippen LogP contribution in [-0.2, 0) is 6.42 Å². The summed E-state index contributed by atoms with van der Waals surface area (Å²) in [7, 11) is 0. The minimum absolute atomic E-state index is 0.341. The maximum absolute atomic E-state index is 3.65. The van der Waals surface area contributed by atoms with Crippen LogP contribution in [0.25, 0.3) is 10.8 Å². The largest absolute Gasteiger partial charge is 0.307 e. The van der Waals surface area contributed by atoms with E-state index in [4.69, 9.17) is 0 Å². The lowest BCUT2D eigenvalue weighted by Gasteiger charge is -2.24. The van der Waals surface area contributed by atoms with Gasteiger partial charge in [0, 0.05) is 12.6 Å². The van der Waals surface area contributed by atoms with Crippen LogP contribution in [0.5, 0.6) is 0 Å². The van der Waals surface area contributed by atoms with Crippen LogP contribution >= 0.6 is 0 Å². The molecule has 0 heterocycles. The van der Waals surface area contributed by atoms with Gasteiger partial charge in [-0.05, 0) is 59.9 Å². The summed E-state index contributed by atoms with van der Waals surface area (Å²) < 4.78 is 0. The number of fused-ring (bicyclic) bond motifs is 1. The quantitative estimate of drug-likeness (QED) is 0.357. The number of nitrogens with one attached hydrogen (secondary N) is 1. The Balaban J connectivity index is 1.41. The molecule has 0 aromatic heterocycles. The molecule has 152 valence electrons. The maximum Gasteiger partial charge on any atom is 0.0300 e. The van der Waals surface area contributed by atoms with E-state index < -0.39 is 0 Å². The molecule has 3 aromatic carbocycles. The summed E-state index contributed by atoms with van der Waals surface area (Å²) in [5.74, 6) is 0. The molecule has 0 aliphatic heterocycles. The number of hydrogen-bond donors (Lipinski definition) is 1. The van der Waals surface area contributed by atoms with E-state index in [-0.39, 0.29) is 0 Å². The molecule has 1 heteroatoms. The van der Waals surface area contributed by atoms with Gasteiger partial charge in [-0.1, -0.05) is 98.8 Å². The third-order valence-electron chi connectivity index (χ3n) is 5.92. The molecule has 0 saturated heterocycles. The maximum atomic E-state index is 3.65. The van der Waals surface area contributed by atoms with Crippen LogP contribution in [-0.4, -0.2) is 6.54 Å². The zero-order chi connectivity index (χ0) is 20.5. The molecular formula is C28H35N. The van der Waals surface area contributed by atoms with Gasteiger partial charge in [0.05, 0.1) is 0 Å². The molecule has 29 heavy (non-hydrogen) atoms. The van der Waals surface area contributed by atoms with E-state index in [1.54, 1.807) is 0 Å². The normalized spacial score (nSPS) is 13.2. The number of allylic oxidation sites excluding steroid dienone is 1. The highest BCUT2D eigenvalue weighted by molar-refractivity contribution is 5.86. The molecule has 0 radical (unpaired) electrons. The summed E-state index contributed by atoms with van der Waals surface area (Å²) >= 11 is 0. The van der Waals surface area contributed by atoms with E-state index in [0.29, 0.717) is 11.5 Å². The lowest BCUT2D eigenvalue weighted by atomic mass is 9.82. The van der Waals surface area contributed by atoms with Crippen LogP contribution in [0.2, 0.25) is 0 Å². The molecule has 0 saturated carbocycles.